The number of sulfonamides is 1. The highest BCUT2D eigenvalue weighted by Gasteiger charge is 2.33. The second-order valence-corrected chi connectivity index (χ2v) is 7.57. The van der Waals surface area contributed by atoms with Gasteiger partial charge in [0.2, 0.25) is 0 Å². The molecule has 1 heterocycles. The van der Waals surface area contributed by atoms with Crippen LogP contribution >= 0.6 is 0 Å². The van der Waals surface area contributed by atoms with Crippen molar-refractivity contribution in [1.82, 2.24) is 9.55 Å². The average molecular weight is 319 g/mol. The molecule has 0 saturated heterocycles. The highest BCUT2D eigenvalue weighted by atomic mass is 32.2. The summed E-state index contributed by atoms with van der Waals surface area (Å²) in [4.78, 5) is 4.06. The first-order chi connectivity index (χ1) is 10.6. The third kappa shape index (κ3) is 2.88. The number of anilines is 1. The van der Waals surface area contributed by atoms with E-state index in [1.165, 1.54) is 12.7 Å². The van der Waals surface area contributed by atoms with Crippen LogP contribution in [0.1, 0.15) is 32.1 Å². The van der Waals surface area contributed by atoms with Crippen LogP contribution in [0.2, 0.25) is 0 Å². The molecule has 0 N–H and O–H groups in total. The molecule has 1 fully saturated rings. The van der Waals surface area contributed by atoms with Crippen molar-refractivity contribution < 1.29 is 8.42 Å². The normalized spacial score (nSPS) is 16.6. The molecule has 0 unspecified atom stereocenters. The molecular weight excluding hydrogens is 298 g/mol. The highest BCUT2D eigenvalue weighted by molar-refractivity contribution is 7.92. The molecular formula is C16H21N3O2S. The van der Waals surface area contributed by atoms with Crippen LogP contribution in [0.25, 0.3) is 0 Å². The van der Waals surface area contributed by atoms with Crippen LogP contribution in [0.5, 0.6) is 0 Å². The van der Waals surface area contributed by atoms with Gasteiger partial charge in [0.15, 0.2) is 5.03 Å². The summed E-state index contributed by atoms with van der Waals surface area (Å²) in [5.74, 6) is 0. The van der Waals surface area contributed by atoms with Gasteiger partial charge < -0.3 is 4.57 Å². The number of imidazole rings is 1. The van der Waals surface area contributed by atoms with E-state index in [0.29, 0.717) is 0 Å². The summed E-state index contributed by atoms with van der Waals surface area (Å²) < 4.78 is 29.4. The monoisotopic (exact) mass is 319 g/mol. The molecule has 1 aliphatic carbocycles. The smallest absolute Gasteiger partial charge is 0.283 e. The van der Waals surface area contributed by atoms with Crippen LogP contribution in [-0.4, -0.2) is 24.0 Å². The number of aromatic nitrogens is 2. The highest BCUT2D eigenvalue weighted by Crippen LogP contribution is 2.32. The molecule has 0 radical (unpaired) electrons. The quantitative estimate of drug-likeness (QED) is 0.870. The maximum Gasteiger partial charge on any atom is 0.283 e. The third-order valence-electron chi connectivity index (χ3n) is 4.12. The Labute approximate surface area is 131 Å². The lowest BCUT2D eigenvalue weighted by Gasteiger charge is -2.34. The standard InChI is InChI=1S/C16H21N3O2S/c1-18-12-16(17-13-18)22(20,21)19(14-8-4-2-5-9-14)15-10-6-3-7-11-15/h2,4-5,8-9,12-13,15H,3,6-7,10-11H2,1H3. The van der Waals surface area contributed by atoms with Gasteiger partial charge in [-0.2, -0.15) is 8.42 Å². The van der Waals surface area contributed by atoms with Crippen molar-refractivity contribution in [3.63, 3.8) is 0 Å². The number of para-hydroxylation sites is 1. The van der Waals surface area contributed by atoms with Crippen molar-refractivity contribution in [2.45, 2.75) is 43.2 Å². The van der Waals surface area contributed by atoms with Crippen molar-refractivity contribution in [3.05, 3.63) is 42.9 Å². The Morgan fingerprint density at radius 2 is 1.82 bits per heavy atom. The second kappa shape index (κ2) is 6.12. The maximum absolute atomic E-state index is 13.1. The van der Waals surface area contributed by atoms with E-state index in [-0.39, 0.29) is 11.1 Å². The van der Waals surface area contributed by atoms with Crippen molar-refractivity contribution >= 4 is 15.7 Å². The Morgan fingerprint density at radius 1 is 1.14 bits per heavy atom. The number of benzene rings is 1. The van der Waals surface area contributed by atoms with Crippen LogP contribution in [0.15, 0.2) is 47.9 Å². The van der Waals surface area contributed by atoms with Crippen molar-refractivity contribution in [1.29, 1.82) is 0 Å². The van der Waals surface area contributed by atoms with Crippen LogP contribution in [0.3, 0.4) is 0 Å². The summed E-state index contributed by atoms with van der Waals surface area (Å²) in [5, 5.41) is 0.115. The van der Waals surface area contributed by atoms with E-state index in [9.17, 15) is 8.42 Å². The van der Waals surface area contributed by atoms with Gasteiger partial charge in [-0.1, -0.05) is 37.5 Å². The molecule has 22 heavy (non-hydrogen) atoms. The Bertz CT molecular complexity index is 719. The van der Waals surface area contributed by atoms with Gasteiger partial charge in [0.1, 0.15) is 0 Å². The Kier molecular flexibility index (Phi) is 4.20. The molecule has 0 bridgehead atoms. The number of hydrogen-bond acceptors (Lipinski definition) is 3. The van der Waals surface area contributed by atoms with E-state index < -0.39 is 10.0 Å². The molecule has 3 rings (SSSR count). The van der Waals surface area contributed by atoms with E-state index in [1.807, 2.05) is 30.3 Å². The summed E-state index contributed by atoms with van der Waals surface area (Å²) in [6.07, 6.45) is 8.23. The number of aryl methyl sites for hydroxylation is 1. The summed E-state index contributed by atoms with van der Waals surface area (Å²) in [6, 6.07) is 9.38. The second-order valence-electron chi connectivity index (χ2n) is 5.81. The maximum atomic E-state index is 13.1. The lowest BCUT2D eigenvalue weighted by Crippen LogP contribution is -2.41. The molecule has 1 aromatic carbocycles. The van der Waals surface area contributed by atoms with Gasteiger partial charge in [-0.05, 0) is 25.0 Å². The molecule has 118 valence electrons. The molecule has 5 nitrogen and oxygen atoms in total. The average Bonchev–Trinajstić information content (AvgIpc) is 2.97. The molecule has 1 saturated carbocycles. The van der Waals surface area contributed by atoms with Gasteiger partial charge in [-0.25, -0.2) is 4.98 Å². The fourth-order valence-corrected chi connectivity index (χ4v) is 4.74. The molecule has 0 atom stereocenters. The minimum Gasteiger partial charge on any atom is -0.339 e. The Morgan fingerprint density at radius 3 is 2.41 bits per heavy atom. The Hall–Kier alpha value is -1.82. The first kappa shape index (κ1) is 15.1. The van der Waals surface area contributed by atoms with E-state index in [0.717, 1.165) is 31.4 Å². The van der Waals surface area contributed by atoms with Gasteiger partial charge in [0.05, 0.1) is 12.0 Å². The molecule has 0 aliphatic heterocycles. The van der Waals surface area contributed by atoms with E-state index in [4.69, 9.17) is 0 Å². The van der Waals surface area contributed by atoms with Crippen LogP contribution in [0, 0.1) is 0 Å². The summed E-state index contributed by atoms with van der Waals surface area (Å²) in [7, 11) is -1.85. The van der Waals surface area contributed by atoms with Crippen LogP contribution < -0.4 is 4.31 Å². The molecule has 2 aromatic rings. The van der Waals surface area contributed by atoms with Gasteiger partial charge in [-0.3, -0.25) is 4.31 Å². The molecule has 1 aromatic heterocycles. The SMILES string of the molecule is Cn1cnc(S(=O)(=O)N(c2ccccc2)C2CCCCC2)c1. The minimum atomic E-state index is -3.63. The topological polar surface area (TPSA) is 55.2 Å². The van der Waals surface area contributed by atoms with Gasteiger partial charge >= 0.3 is 0 Å². The largest absolute Gasteiger partial charge is 0.339 e. The first-order valence-corrected chi connectivity index (χ1v) is 9.10. The van der Waals surface area contributed by atoms with Gasteiger partial charge in [-0.15, -0.1) is 0 Å². The molecule has 0 amide bonds. The molecule has 6 heteroatoms. The number of nitrogens with zero attached hydrogens (tertiary/aromatic N) is 3. The fourth-order valence-electron chi connectivity index (χ4n) is 3.06. The minimum absolute atomic E-state index is 0.0168. The third-order valence-corrected chi connectivity index (χ3v) is 5.89. The Balaban J connectivity index is 2.04. The molecule has 1 aliphatic rings. The predicted octanol–water partition coefficient (Wildman–Crippen LogP) is 2.95. The van der Waals surface area contributed by atoms with E-state index >= 15 is 0 Å². The van der Waals surface area contributed by atoms with Crippen molar-refractivity contribution in [2.75, 3.05) is 4.31 Å². The van der Waals surface area contributed by atoms with Gasteiger partial charge in [0, 0.05) is 19.3 Å². The zero-order valence-corrected chi connectivity index (χ0v) is 13.5. The predicted molar refractivity (Wildman–Crippen MR) is 86.2 cm³/mol. The molecule has 0 spiro atoms. The van der Waals surface area contributed by atoms with Crippen molar-refractivity contribution in [3.8, 4) is 0 Å². The zero-order chi connectivity index (χ0) is 15.6. The van der Waals surface area contributed by atoms with Crippen molar-refractivity contribution in [2.24, 2.45) is 7.05 Å². The zero-order valence-electron chi connectivity index (χ0n) is 12.7. The number of hydrogen-bond donors (Lipinski definition) is 0. The summed E-state index contributed by atoms with van der Waals surface area (Å²) in [5.41, 5.74) is 0.722. The fraction of sp³-hybridized carbons (Fsp3) is 0.438. The van der Waals surface area contributed by atoms with Crippen LogP contribution in [-0.2, 0) is 17.1 Å². The first-order valence-electron chi connectivity index (χ1n) is 7.66. The summed E-state index contributed by atoms with van der Waals surface area (Å²) >= 11 is 0. The number of rotatable bonds is 4. The lowest BCUT2D eigenvalue weighted by molar-refractivity contribution is 0.437. The van der Waals surface area contributed by atoms with E-state index in [2.05, 4.69) is 4.98 Å². The van der Waals surface area contributed by atoms with Gasteiger partial charge in [0.25, 0.3) is 10.0 Å². The van der Waals surface area contributed by atoms with E-state index in [1.54, 1.807) is 22.1 Å². The van der Waals surface area contributed by atoms with Crippen LogP contribution in [0.4, 0.5) is 5.69 Å². The summed E-state index contributed by atoms with van der Waals surface area (Å²) in [6.45, 7) is 0. The lowest BCUT2D eigenvalue weighted by atomic mass is 9.95.